The van der Waals surface area contributed by atoms with Gasteiger partial charge in [0.15, 0.2) is 11.6 Å². The summed E-state index contributed by atoms with van der Waals surface area (Å²) in [5.74, 6) is -2.13. The van der Waals surface area contributed by atoms with Crippen molar-refractivity contribution in [3.05, 3.63) is 59.2 Å². The van der Waals surface area contributed by atoms with E-state index in [-0.39, 0.29) is 41.6 Å². The first kappa shape index (κ1) is 25.2. The summed E-state index contributed by atoms with van der Waals surface area (Å²) in [4.78, 5) is 0. The Morgan fingerprint density at radius 2 is 1.74 bits per heavy atom. The first-order valence-corrected chi connectivity index (χ1v) is 11.4. The summed E-state index contributed by atoms with van der Waals surface area (Å²) in [5.41, 5.74) is 0.139. The monoisotopic (exact) mass is 438 g/mol. The molecule has 0 heterocycles. The van der Waals surface area contributed by atoms with Crippen LogP contribution in [0.1, 0.15) is 77.7 Å². The second-order valence-corrected chi connectivity index (χ2v) is 8.27. The van der Waals surface area contributed by atoms with E-state index in [1.54, 1.807) is 6.92 Å². The lowest BCUT2D eigenvalue weighted by Crippen LogP contribution is -2.16. The van der Waals surface area contributed by atoms with E-state index in [1.165, 1.54) is 56.9 Å². The van der Waals surface area contributed by atoms with Gasteiger partial charge in [0.1, 0.15) is 5.83 Å². The van der Waals surface area contributed by atoms with Crippen molar-refractivity contribution in [1.82, 2.24) is 0 Å². The van der Waals surface area contributed by atoms with Crippen molar-refractivity contribution >= 4 is 5.57 Å². The molecule has 5 heteroatoms. The fourth-order valence-electron chi connectivity index (χ4n) is 4.36. The molecular formula is C26H34F4O. The van der Waals surface area contributed by atoms with Crippen molar-refractivity contribution < 1.29 is 22.3 Å². The van der Waals surface area contributed by atoms with Gasteiger partial charge in [-0.05, 0) is 69.1 Å². The van der Waals surface area contributed by atoms with Crippen LogP contribution in [-0.4, -0.2) is 6.61 Å². The van der Waals surface area contributed by atoms with Crippen molar-refractivity contribution in [3.8, 4) is 5.75 Å². The molecule has 1 nitrogen and oxygen atoms in total. The Hall–Kier alpha value is -2.04. The van der Waals surface area contributed by atoms with Crippen LogP contribution in [0, 0.1) is 23.5 Å². The Balaban J connectivity index is 2.12. The van der Waals surface area contributed by atoms with Gasteiger partial charge < -0.3 is 4.74 Å². The van der Waals surface area contributed by atoms with E-state index >= 15 is 0 Å². The van der Waals surface area contributed by atoms with Gasteiger partial charge in [-0.1, -0.05) is 44.8 Å². The fourth-order valence-corrected chi connectivity index (χ4v) is 4.36. The molecule has 0 saturated heterocycles. The predicted octanol–water partition coefficient (Wildman–Crippen LogP) is 8.86. The van der Waals surface area contributed by atoms with E-state index in [1.807, 2.05) is 0 Å². The SMILES string of the molecule is CCCCCC1CCC(C(/C=C\C(=C\F)c2ccc(OCC)c(F)c2F)=C(/C)F)CC1. The minimum Gasteiger partial charge on any atom is -0.491 e. The zero-order valence-electron chi connectivity index (χ0n) is 18.8. The summed E-state index contributed by atoms with van der Waals surface area (Å²) in [6.07, 6.45) is 11.9. The van der Waals surface area contributed by atoms with Gasteiger partial charge in [-0.2, -0.15) is 4.39 Å². The molecule has 31 heavy (non-hydrogen) atoms. The van der Waals surface area contributed by atoms with Crippen molar-refractivity contribution in [2.24, 2.45) is 11.8 Å². The molecule has 0 N–H and O–H groups in total. The minimum atomic E-state index is -1.19. The lowest BCUT2D eigenvalue weighted by atomic mass is 9.76. The lowest BCUT2D eigenvalue weighted by Gasteiger charge is -2.29. The lowest BCUT2D eigenvalue weighted by molar-refractivity contribution is 0.281. The molecule has 0 unspecified atom stereocenters. The Bertz CT molecular complexity index is 798. The number of allylic oxidation sites excluding steroid dienone is 5. The number of halogens is 4. The number of hydrogen-bond acceptors (Lipinski definition) is 1. The molecule has 0 bridgehead atoms. The van der Waals surface area contributed by atoms with E-state index in [9.17, 15) is 17.6 Å². The normalized spacial score (nSPS) is 20.8. The maximum absolute atomic E-state index is 14.4. The average molecular weight is 439 g/mol. The highest BCUT2D eigenvalue weighted by Gasteiger charge is 2.24. The molecule has 0 atom stereocenters. The van der Waals surface area contributed by atoms with Crippen LogP contribution < -0.4 is 4.74 Å². The molecule has 1 aromatic carbocycles. The number of rotatable bonds is 10. The van der Waals surface area contributed by atoms with E-state index in [2.05, 4.69) is 6.92 Å². The van der Waals surface area contributed by atoms with Gasteiger partial charge in [0.2, 0.25) is 5.82 Å². The molecule has 172 valence electrons. The molecule has 1 fully saturated rings. The van der Waals surface area contributed by atoms with E-state index in [0.717, 1.165) is 25.7 Å². The second kappa shape index (κ2) is 12.7. The minimum absolute atomic E-state index is 0.0615. The van der Waals surface area contributed by atoms with Crippen LogP contribution in [0.15, 0.2) is 42.0 Å². The summed E-state index contributed by atoms with van der Waals surface area (Å²) in [7, 11) is 0. The van der Waals surface area contributed by atoms with Crippen LogP contribution in [0.25, 0.3) is 5.57 Å². The summed E-state index contributed by atoms with van der Waals surface area (Å²) in [6.45, 7) is 5.43. The largest absolute Gasteiger partial charge is 0.491 e. The smallest absolute Gasteiger partial charge is 0.201 e. The standard InChI is InChI=1S/C26H34F4O/c1-4-6-7-8-19-9-11-20(12-10-19)22(18(3)28)14-13-21(17-27)23-15-16-24(31-5-2)26(30)25(23)29/h13-17,19-20H,4-12H2,1-3H3/b14-13-,21-17-,22-18-. The molecular weight excluding hydrogens is 404 g/mol. The van der Waals surface area contributed by atoms with Gasteiger partial charge in [0.25, 0.3) is 0 Å². The molecule has 0 amide bonds. The van der Waals surface area contributed by atoms with Crippen LogP contribution in [0.3, 0.4) is 0 Å². The van der Waals surface area contributed by atoms with Crippen molar-refractivity contribution in [2.45, 2.75) is 72.1 Å². The Morgan fingerprint density at radius 1 is 1.03 bits per heavy atom. The van der Waals surface area contributed by atoms with Crippen LogP contribution in [-0.2, 0) is 0 Å². The highest BCUT2D eigenvalue weighted by Crippen LogP contribution is 2.38. The molecule has 2 rings (SSSR count). The number of benzene rings is 1. The van der Waals surface area contributed by atoms with Crippen LogP contribution >= 0.6 is 0 Å². The number of hydrogen-bond donors (Lipinski definition) is 0. The van der Waals surface area contributed by atoms with Crippen molar-refractivity contribution in [2.75, 3.05) is 6.61 Å². The van der Waals surface area contributed by atoms with Gasteiger partial charge >= 0.3 is 0 Å². The summed E-state index contributed by atoms with van der Waals surface area (Å²) >= 11 is 0. The molecule has 0 radical (unpaired) electrons. The zero-order valence-corrected chi connectivity index (χ0v) is 18.8. The number of ether oxygens (including phenoxy) is 1. The van der Waals surface area contributed by atoms with E-state index in [4.69, 9.17) is 4.74 Å². The quantitative estimate of drug-likeness (QED) is 0.201. The van der Waals surface area contributed by atoms with Gasteiger partial charge in [0.05, 0.1) is 12.9 Å². The van der Waals surface area contributed by atoms with Gasteiger partial charge in [-0.3, -0.25) is 0 Å². The topological polar surface area (TPSA) is 9.23 Å². The molecule has 0 spiro atoms. The third-order valence-corrected chi connectivity index (χ3v) is 6.12. The Labute approximate surface area is 183 Å². The van der Waals surface area contributed by atoms with Crippen molar-refractivity contribution in [1.29, 1.82) is 0 Å². The van der Waals surface area contributed by atoms with Crippen LogP contribution in [0.4, 0.5) is 17.6 Å². The maximum atomic E-state index is 14.4. The van der Waals surface area contributed by atoms with Gasteiger partial charge in [0, 0.05) is 11.1 Å². The highest BCUT2D eigenvalue weighted by molar-refractivity contribution is 5.74. The van der Waals surface area contributed by atoms with Crippen LogP contribution in [0.2, 0.25) is 0 Å². The zero-order chi connectivity index (χ0) is 22.8. The predicted molar refractivity (Wildman–Crippen MR) is 119 cm³/mol. The van der Waals surface area contributed by atoms with Crippen LogP contribution in [0.5, 0.6) is 5.75 Å². The average Bonchev–Trinajstić information content (AvgIpc) is 2.76. The third-order valence-electron chi connectivity index (χ3n) is 6.12. The molecule has 0 aliphatic heterocycles. The first-order chi connectivity index (χ1) is 14.9. The summed E-state index contributed by atoms with van der Waals surface area (Å²) < 4.78 is 61.5. The van der Waals surface area contributed by atoms with E-state index in [0.29, 0.717) is 11.5 Å². The number of unbranched alkanes of at least 4 members (excludes halogenated alkanes) is 2. The van der Waals surface area contributed by atoms with Gasteiger partial charge in [-0.15, -0.1) is 0 Å². The Kier molecular flexibility index (Phi) is 10.4. The third kappa shape index (κ3) is 6.98. The van der Waals surface area contributed by atoms with Crippen molar-refractivity contribution in [3.63, 3.8) is 0 Å². The molecule has 1 aromatic rings. The molecule has 1 aliphatic rings. The maximum Gasteiger partial charge on any atom is 0.201 e. The second-order valence-electron chi connectivity index (χ2n) is 8.27. The molecule has 1 aliphatic carbocycles. The first-order valence-electron chi connectivity index (χ1n) is 11.4. The highest BCUT2D eigenvalue weighted by atomic mass is 19.2. The summed E-state index contributed by atoms with van der Waals surface area (Å²) in [6, 6.07) is 2.54. The van der Waals surface area contributed by atoms with Gasteiger partial charge in [-0.25, -0.2) is 13.2 Å². The molecule has 0 aromatic heterocycles. The van der Waals surface area contributed by atoms with E-state index < -0.39 is 11.6 Å². The molecule has 1 saturated carbocycles. The fraction of sp³-hybridized carbons (Fsp3) is 0.538. The summed E-state index contributed by atoms with van der Waals surface area (Å²) in [5, 5.41) is 0. The Morgan fingerprint density at radius 3 is 2.32 bits per heavy atom.